The molecule has 0 aliphatic heterocycles. The molecule has 2 rings (SSSR count). The predicted molar refractivity (Wildman–Crippen MR) is 70.1 cm³/mol. The van der Waals surface area contributed by atoms with Crippen LogP contribution < -0.4 is 10.6 Å². The van der Waals surface area contributed by atoms with Gasteiger partial charge in [-0.05, 0) is 25.8 Å². The number of nitrogens with zero attached hydrogens (tertiary/aromatic N) is 2. The lowest BCUT2D eigenvalue weighted by atomic mass is 10.2. The molecular weight excluding hydrogens is 291 g/mol. The van der Waals surface area contributed by atoms with Crippen LogP contribution in [0.3, 0.4) is 0 Å². The maximum absolute atomic E-state index is 11.9. The van der Waals surface area contributed by atoms with E-state index in [0.717, 1.165) is 12.8 Å². The van der Waals surface area contributed by atoms with Crippen LogP contribution in [0.2, 0.25) is 10.3 Å². The summed E-state index contributed by atoms with van der Waals surface area (Å²) in [5, 5.41) is 12.4. The summed E-state index contributed by atoms with van der Waals surface area (Å²) >= 11 is 11.4. The van der Waals surface area contributed by atoms with E-state index < -0.39 is 11.9 Å². The van der Waals surface area contributed by atoms with Crippen LogP contribution in [0, 0.1) is 0 Å². The van der Waals surface area contributed by atoms with Crippen molar-refractivity contribution in [2.75, 3.05) is 0 Å². The van der Waals surface area contributed by atoms with Crippen molar-refractivity contribution in [3.8, 4) is 0 Å². The van der Waals surface area contributed by atoms with E-state index in [-0.39, 0.29) is 27.8 Å². The van der Waals surface area contributed by atoms with Gasteiger partial charge in [0.1, 0.15) is 6.04 Å². The van der Waals surface area contributed by atoms with Crippen LogP contribution in [0.1, 0.15) is 30.1 Å². The summed E-state index contributed by atoms with van der Waals surface area (Å²) in [5.74, 6) is -0.736. The van der Waals surface area contributed by atoms with Gasteiger partial charge in [0.2, 0.25) is 5.91 Å². The Labute approximate surface area is 119 Å². The Morgan fingerprint density at radius 3 is 2.68 bits per heavy atom. The van der Waals surface area contributed by atoms with Gasteiger partial charge in [0.25, 0.3) is 5.91 Å². The minimum atomic E-state index is -0.656. The largest absolute Gasteiger partial charge is 0.352 e. The third-order valence-corrected chi connectivity index (χ3v) is 3.09. The summed E-state index contributed by atoms with van der Waals surface area (Å²) in [6.45, 7) is 1.60. The van der Waals surface area contributed by atoms with Crippen molar-refractivity contribution in [2.24, 2.45) is 0 Å². The number of hydrogen-bond acceptors (Lipinski definition) is 4. The van der Waals surface area contributed by atoms with Crippen LogP contribution in [-0.4, -0.2) is 34.1 Å². The van der Waals surface area contributed by atoms with Gasteiger partial charge in [0, 0.05) is 6.04 Å². The smallest absolute Gasteiger partial charge is 0.255 e. The highest BCUT2D eigenvalue weighted by molar-refractivity contribution is 6.34. The van der Waals surface area contributed by atoms with E-state index in [1.807, 2.05) is 0 Å². The van der Waals surface area contributed by atoms with Crippen molar-refractivity contribution < 1.29 is 9.59 Å². The molecule has 1 aliphatic rings. The molecule has 1 unspecified atom stereocenters. The first-order valence-corrected chi connectivity index (χ1v) is 6.53. The van der Waals surface area contributed by atoms with E-state index in [2.05, 4.69) is 20.8 Å². The molecule has 1 fully saturated rings. The molecule has 102 valence electrons. The number of carbonyl (C=O) groups excluding carboxylic acids is 2. The van der Waals surface area contributed by atoms with E-state index in [0.29, 0.717) is 0 Å². The summed E-state index contributed by atoms with van der Waals surface area (Å²) in [7, 11) is 0. The lowest BCUT2D eigenvalue weighted by Gasteiger charge is -2.14. The molecule has 1 heterocycles. The fourth-order valence-electron chi connectivity index (χ4n) is 1.41. The van der Waals surface area contributed by atoms with E-state index in [1.165, 1.54) is 6.07 Å². The first-order valence-electron chi connectivity index (χ1n) is 5.77. The molecule has 1 aliphatic carbocycles. The summed E-state index contributed by atoms with van der Waals surface area (Å²) < 4.78 is 0. The Morgan fingerprint density at radius 1 is 1.37 bits per heavy atom. The number of carbonyl (C=O) groups is 2. The van der Waals surface area contributed by atoms with Crippen LogP contribution in [-0.2, 0) is 4.79 Å². The fraction of sp³-hybridized carbons (Fsp3) is 0.455. The van der Waals surface area contributed by atoms with E-state index in [1.54, 1.807) is 6.92 Å². The molecule has 8 heteroatoms. The normalized spacial score (nSPS) is 15.7. The number of amides is 2. The van der Waals surface area contributed by atoms with Gasteiger partial charge in [-0.15, -0.1) is 10.2 Å². The lowest BCUT2D eigenvalue weighted by molar-refractivity contribution is -0.122. The predicted octanol–water partition coefficient (Wildman–Crippen LogP) is 1.18. The zero-order chi connectivity index (χ0) is 14.0. The number of rotatable bonds is 4. The van der Waals surface area contributed by atoms with Crippen molar-refractivity contribution in [1.82, 2.24) is 20.8 Å². The lowest BCUT2D eigenvalue weighted by Crippen LogP contribution is -2.45. The summed E-state index contributed by atoms with van der Waals surface area (Å²) in [5.41, 5.74) is 0.0905. The third-order valence-electron chi connectivity index (χ3n) is 2.63. The molecule has 0 saturated heterocycles. The van der Waals surface area contributed by atoms with Crippen LogP contribution in [0.25, 0.3) is 0 Å². The SMILES string of the molecule is CC(NC(=O)c1cc(Cl)nnc1Cl)C(=O)NC1CC1. The van der Waals surface area contributed by atoms with Crippen LogP contribution in [0.15, 0.2) is 6.07 Å². The Balaban J connectivity index is 1.99. The van der Waals surface area contributed by atoms with E-state index in [4.69, 9.17) is 23.2 Å². The Kier molecular flexibility index (Phi) is 4.21. The molecule has 0 radical (unpaired) electrons. The topological polar surface area (TPSA) is 84.0 Å². The Morgan fingerprint density at radius 2 is 2.05 bits per heavy atom. The van der Waals surface area contributed by atoms with Crippen molar-refractivity contribution in [3.05, 3.63) is 21.9 Å². The summed E-state index contributed by atoms with van der Waals surface area (Å²) in [6.07, 6.45) is 1.98. The van der Waals surface area contributed by atoms with Crippen molar-refractivity contribution >= 4 is 35.0 Å². The molecule has 1 aromatic rings. The fourth-order valence-corrected chi connectivity index (χ4v) is 1.73. The summed E-state index contributed by atoms with van der Waals surface area (Å²) in [6, 6.07) is 0.890. The second-order valence-corrected chi connectivity index (χ2v) is 5.09. The molecule has 2 N–H and O–H groups in total. The quantitative estimate of drug-likeness (QED) is 0.875. The zero-order valence-electron chi connectivity index (χ0n) is 10.1. The Bertz CT molecular complexity index is 519. The number of hydrogen-bond donors (Lipinski definition) is 2. The van der Waals surface area contributed by atoms with E-state index in [9.17, 15) is 9.59 Å². The van der Waals surface area contributed by atoms with Gasteiger partial charge in [0.15, 0.2) is 10.3 Å². The minimum Gasteiger partial charge on any atom is -0.352 e. The monoisotopic (exact) mass is 302 g/mol. The van der Waals surface area contributed by atoms with Gasteiger partial charge in [0.05, 0.1) is 5.56 Å². The molecule has 1 atom stereocenters. The van der Waals surface area contributed by atoms with Gasteiger partial charge >= 0.3 is 0 Å². The Hall–Kier alpha value is -1.40. The molecule has 2 amide bonds. The number of aromatic nitrogens is 2. The molecule has 1 aromatic heterocycles. The molecule has 0 bridgehead atoms. The van der Waals surface area contributed by atoms with Crippen molar-refractivity contribution in [1.29, 1.82) is 0 Å². The maximum atomic E-state index is 11.9. The standard InChI is InChI=1S/C11H12Cl2N4O2/c1-5(10(18)15-6-2-3-6)14-11(19)7-4-8(12)16-17-9(7)13/h4-6H,2-3H2,1H3,(H,14,19)(H,15,18). The highest BCUT2D eigenvalue weighted by Gasteiger charge is 2.26. The van der Waals surface area contributed by atoms with Gasteiger partial charge in [-0.25, -0.2) is 0 Å². The number of halogens is 2. The average Bonchev–Trinajstić information content (AvgIpc) is 3.15. The van der Waals surface area contributed by atoms with Gasteiger partial charge in [-0.1, -0.05) is 23.2 Å². The second-order valence-electron chi connectivity index (χ2n) is 4.35. The summed E-state index contributed by atoms with van der Waals surface area (Å²) in [4.78, 5) is 23.6. The zero-order valence-corrected chi connectivity index (χ0v) is 11.6. The highest BCUT2D eigenvalue weighted by atomic mass is 35.5. The first-order chi connectivity index (χ1) is 8.97. The maximum Gasteiger partial charge on any atom is 0.255 e. The van der Waals surface area contributed by atoms with Gasteiger partial charge in [-0.2, -0.15) is 0 Å². The number of nitrogens with one attached hydrogen (secondary N) is 2. The molecule has 6 nitrogen and oxygen atoms in total. The first kappa shape index (κ1) is 14.0. The van der Waals surface area contributed by atoms with Crippen LogP contribution in [0.5, 0.6) is 0 Å². The molecular formula is C11H12Cl2N4O2. The van der Waals surface area contributed by atoms with Crippen LogP contribution >= 0.6 is 23.2 Å². The van der Waals surface area contributed by atoms with Gasteiger partial charge in [-0.3, -0.25) is 9.59 Å². The average molecular weight is 303 g/mol. The minimum absolute atomic E-state index is 0.0586. The molecule has 1 saturated carbocycles. The van der Waals surface area contributed by atoms with Crippen molar-refractivity contribution in [3.63, 3.8) is 0 Å². The molecule has 19 heavy (non-hydrogen) atoms. The molecule has 0 spiro atoms. The second kappa shape index (κ2) is 5.71. The molecule has 0 aromatic carbocycles. The third kappa shape index (κ3) is 3.78. The van der Waals surface area contributed by atoms with Crippen molar-refractivity contribution in [2.45, 2.75) is 31.8 Å². The van der Waals surface area contributed by atoms with E-state index >= 15 is 0 Å². The van der Waals surface area contributed by atoms with Crippen LogP contribution in [0.4, 0.5) is 0 Å². The van der Waals surface area contributed by atoms with Gasteiger partial charge < -0.3 is 10.6 Å². The highest BCUT2D eigenvalue weighted by Crippen LogP contribution is 2.19.